The van der Waals surface area contributed by atoms with E-state index in [-0.39, 0.29) is 11.9 Å². The van der Waals surface area contributed by atoms with E-state index in [1.807, 2.05) is 38.1 Å². The maximum absolute atomic E-state index is 12.2. The van der Waals surface area contributed by atoms with Gasteiger partial charge in [0.05, 0.1) is 10.7 Å². The maximum atomic E-state index is 12.2. The van der Waals surface area contributed by atoms with Gasteiger partial charge in [0, 0.05) is 18.9 Å². The molecule has 0 fully saturated rings. The van der Waals surface area contributed by atoms with Crippen LogP contribution in [0.15, 0.2) is 53.1 Å². The van der Waals surface area contributed by atoms with Crippen molar-refractivity contribution < 1.29 is 14.1 Å². The fraction of sp³-hybridized carbons (Fsp3) is 0.286. The van der Waals surface area contributed by atoms with Gasteiger partial charge in [-0.1, -0.05) is 54.9 Å². The largest absolute Gasteiger partial charge is 0.454 e. The van der Waals surface area contributed by atoms with E-state index >= 15 is 0 Å². The van der Waals surface area contributed by atoms with Crippen molar-refractivity contribution in [1.29, 1.82) is 0 Å². The van der Waals surface area contributed by atoms with Crippen LogP contribution < -0.4 is 15.4 Å². The highest BCUT2D eigenvalue weighted by molar-refractivity contribution is 6.32. The van der Waals surface area contributed by atoms with Gasteiger partial charge >= 0.3 is 6.03 Å². The molecule has 152 valence electrons. The van der Waals surface area contributed by atoms with Gasteiger partial charge in [-0.15, -0.1) is 0 Å². The second-order valence-corrected chi connectivity index (χ2v) is 7.12. The zero-order chi connectivity index (χ0) is 20.6. The fourth-order valence-electron chi connectivity index (χ4n) is 2.52. The molecule has 29 heavy (non-hydrogen) atoms. The summed E-state index contributed by atoms with van der Waals surface area (Å²) in [7, 11) is 0. The van der Waals surface area contributed by atoms with E-state index in [1.165, 1.54) is 0 Å². The van der Waals surface area contributed by atoms with Crippen molar-refractivity contribution in [1.82, 2.24) is 15.5 Å². The summed E-state index contributed by atoms with van der Waals surface area (Å²) in [5.74, 6) is 2.52. The molecular formula is C21H23ClN4O3. The number of nitrogens with one attached hydrogen (secondary N) is 2. The second kappa shape index (κ2) is 9.93. The van der Waals surface area contributed by atoms with Gasteiger partial charge in [0.25, 0.3) is 0 Å². The van der Waals surface area contributed by atoms with Crippen molar-refractivity contribution in [3.63, 3.8) is 0 Å². The molecule has 0 aliphatic carbocycles. The maximum Gasteiger partial charge on any atom is 0.319 e. The lowest BCUT2D eigenvalue weighted by atomic mass is 10.2. The molecule has 0 aliphatic rings. The minimum absolute atomic E-state index is 0.226. The number of rotatable bonds is 8. The van der Waals surface area contributed by atoms with Gasteiger partial charge < -0.3 is 19.9 Å². The third-order valence-corrected chi connectivity index (χ3v) is 4.36. The molecule has 2 N–H and O–H groups in total. The molecule has 1 heterocycles. The first kappa shape index (κ1) is 20.7. The molecule has 0 saturated heterocycles. The van der Waals surface area contributed by atoms with Crippen LogP contribution in [0.25, 0.3) is 0 Å². The lowest BCUT2D eigenvalue weighted by Gasteiger charge is -2.13. The van der Waals surface area contributed by atoms with E-state index in [4.69, 9.17) is 20.9 Å². The molecule has 0 spiro atoms. The summed E-state index contributed by atoms with van der Waals surface area (Å²) < 4.78 is 11.0. The Bertz CT molecular complexity index is 958. The van der Waals surface area contributed by atoms with Crippen LogP contribution in [0.1, 0.15) is 37.9 Å². The van der Waals surface area contributed by atoms with Crippen LogP contribution in [0.2, 0.25) is 5.02 Å². The number of benzene rings is 2. The number of carbonyl (C=O) groups is 1. The van der Waals surface area contributed by atoms with E-state index in [2.05, 4.69) is 20.8 Å². The van der Waals surface area contributed by atoms with Crippen LogP contribution >= 0.6 is 11.6 Å². The molecule has 0 atom stereocenters. The van der Waals surface area contributed by atoms with Crippen molar-refractivity contribution in [3.05, 3.63) is 65.3 Å². The predicted octanol–water partition coefficient (Wildman–Crippen LogP) is 5.39. The lowest BCUT2D eigenvalue weighted by molar-refractivity contribution is 0.251. The van der Waals surface area contributed by atoms with Gasteiger partial charge in [0.2, 0.25) is 5.89 Å². The van der Waals surface area contributed by atoms with E-state index in [9.17, 15) is 4.79 Å². The Hall–Kier alpha value is -3.06. The smallest absolute Gasteiger partial charge is 0.319 e. The monoisotopic (exact) mass is 414 g/mol. The molecule has 0 aliphatic heterocycles. The predicted molar refractivity (Wildman–Crippen MR) is 112 cm³/mol. The highest BCUT2D eigenvalue weighted by Gasteiger charge is 2.11. The van der Waals surface area contributed by atoms with Crippen LogP contribution in [0, 0.1) is 0 Å². The molecule has 0 saturated carbocycles. The van der Waals surface area contributed by atoms with E-state index < -0.39 is 0 Å². The van der Waals surface area contributed by atoms with Crippen LogP contribution in [0.4, 0.5) is 10.5 Å². The number of para-hydroxylation sites is 3. The first-order valence-electron chi connectivity index (χ1n) is 9.41. The summed E-state index contributed by atoms with van der Waals surface area (Å²) >= 11 is 6.14. The number of carbonyl (C=O) groups excluding carboxylic acids is 1. The standard InChI is InChI=1S/C21H23ClN4O3/c1-14(2)20-25-19(29-26-20)12-7-13-23-21(27)24-16-9-4-6-11-18(16)28-17-10-5-3-8-15(17)22/h3-6,8-11,14H,7,12-13H2,1-2H3,(H2,23,24,27). The molecule has 0 bridgehead atoms. The van der Waals surface area contributed by atoms with Crippen molar-refractivity contribution in [2.24, 2.45) is 0 Å². The van der Waals surface area contributed by atoms with E-state index in [0.29, 0.717) is 53.3 Å². The molecule has 8 heteroatoms. The fourth-order valence-corrected chi connectivity index (χ4v) is 2.69. The van der Waals surface area contributed by atoms with Crippen LogP contribution in [-0.2, 0) is 6.42 Å². The topological polar surface area (TPSA) is 89.3 Å². The summed E-state index contributed by atoms with van der Waals surface area (Å²) in [6.07, 6.45) is 1.29. The average molecular weight is 415 g/mol. The van der Waals surface area contributed by atoms with E-state index in [0.717, 1.165) is 0 Å². The average Bonchev–Trinajstić information content (AvgIpc) is 3.18. The quantitative estimate of drug-likeness (QED) is 0.482. The first-order chi connectivity index (χ1) is 14.0. The highest BCUT2D eigenvalue weighted by atomic mass is 35.5. The zero-order valence-electron chi connectivity index (χ0n) is 16.3. The Morgan fingerprint density at radius 2 is 1.86 bits per heavy atom. The van der Waals surface area contributed by atoms with Gasteiger partial charge in [-0.25, -0.2) is 4.79 Å². The lowest BCUT2D eigenvalue weighted by Crippen LogP contribution is -2.29. The first-order valence-corrected chi connectivity index (χ1v) is 9.79. The number of amides is 2. The summed E-state index contributed by atoms with van der Waals surface area (Å²) in [6.45, 7) is 4.49. The molecule has 3 rings (SSSR count). The van der Waals surface area contributed by atoms with Crippen molar-refractivity contribution >= 4 is 23.3 Å². The number of hydrogen-bond acceptors (Lipinski definition) is 5. The van der Waals surface area contributed by atoms with Crippen LogP contribution in [-0.4, -0.2) is 22.7 Å². The highest BCUT2D eigenvalue weighted by Crippen LogP contribution is 2.33. The number of ether oxygens (including phenoxy) is 1. The van der Waals surface area contributed by atoms with Crippen molar-refractivity contribution in [2.45, 2.75) is 32.6 Å². The molecule has 1 aromatic heterocycles. The Morgan fingerprint density at radius 3 is 2.59 bits per heavy atom. The van der Waals surface area contributed by atoms with Gasteiger partial charge in [-0.3, -0.25) is 0 Å². The summed E-state index contributed by atoms with van der Waals surface area (Å²) in [5, 5.41) is 10.0. The Balaban J connectivity index is 1.49. The minimum Gasteiger partial charge on any atom is -0.454 e. The Morgan fingerprint density at radius 1 is 1.14 bits per heavy atom. The SMILES string of the molecule is CC(C)c1noc(CCCNC(=O)Nc2ccccc2Oc2ccccc2Cl)n1. The third-order valence-electron chi connectivity index (χ3n) is 4.04. The normalized spacial score (nSPS) is 10.8. The Labute approximate surface area is 174 Å². The number of urea groups is 1. The van der Waals surface area contributed by atoms with Gasteiger partial charge in [-0.05, 0) is 30.7 Å². The van der Waals surface area contributed by atoms with Crippen LogP contribution in [0.3, 0.4) is 0 Å². The van der Waals surface area contributed by atoms with Crippen LogP contribution in [0.5, 0.6) is 11.5 Å². The second-order valence-electron chi connectivity index (χ2n) is 6.71. The Kier molecular flexibility index (Phi) is 7.08. The summed E-state index contributed by atoms with van der Waals surface area (Å²) in [6, 6.07) is 14.0. The number of aromatic nitrogens is 2. The summed E-state index contributed by atoms with van der Waals surface area (Å²) in [5.41, 5.74) is 0.545. The zero-order valence-corrected chi connectivity index (χ0v) is 17.1. The number of anilines is 1. The number of hydrogen-bond donors (Lipinski definition) is 2. The third kappa shape index (κ3) is 5.96. The summed E-state index contributed by atoms with van der Waals surface area (Å²) in [4.78, 5) is 16.6. The van der Waals surface area contributed by atoms with Crippen molar-refractivity contribution in [3.8, 4) is 11.5 Å². The molecule has 2 aromatic carbocycles. The molecule has 3 aromatic rings. The van der Waals surface area contributed by atoms with Gasteiger partial charge in [0.1, 0.15) is 5.75 Å². The van der Waals surface area contributed by atoms with Gasteiger partial charge in [-0.2, -0.15) is 4.98 Å². The number of nitrogens with zero attached hydrogens (tertiary/aromatic N) is 2. The van der Waals surface area contributed by atoms with Gasteiger partial charge in [0.15, 0.2) is 11.6 Å². The minimum atomic E-state index is -0.325. The molecule has 0 unspecified atom stereocenters. The molecule has 7 nitrogen and oxygen atoms in total. The number of aryl methyl sites for hydroxylation is 1. The van der Waals surface area contributed by atoms with Crippen molar-refractivity contribution in [2.75, 3.05) is 11.9 Å². The molecule has 2 amide bonds. The molecule has 0 radical (unpaired) electrons. The van der Waals surface area contributed by atoms with E-state index in [1.54, 1.807) is 24.3 Å². The molecular weight excluding hydrogens is 392 g/mol. The number of halogens is 1.